The second-order valence-electron chi connectivity index (χ2n) is 8.13. The quantitative estimate of drug-likeness (QED) is 0.715. The SMILES string of the molecule is Cc1cccc(-c2ccc3nc(OCC(C)(C)O)nc(N4CCOCC4)c3c2)c1. The van der Waals surface area contributed by atoms with Gasteiger partial charge in [0.25, 0.3) is 0 Å². The summed E-state index contributed by atoms with van der Waals surface area (Å²) in [5.74, 6) is 0.846. The van der Waals surface area contributed by atoms with Gasteiger partial charge in [0.05, 0.1) is 24.3 Å². The highest BCUT2D eigenvalue weighted by Gasteiger charge is 2.20. The topological polar surface area (TPSA) is 67.7 Å². The van der Waals surface area contributed by atoms with E-state index in [9.17, 15) is 5.11 Å². The smallest absolute Gasteiger partial charge is 0.319 e. The van der Waals surface area contributed by atoms with Crippen molar-refractivity contribution in [3.63, 3.8) is 0 Å². The Morgan fingerprint density at radius 2 is 1.83 bits per heavy atom. The molecule has 1 aliphatic heterocycles. The molecule has 0 bridgehead atoms. The summed E-state index contributed by atoms with van der Waals surface area (Å²) in [6, 6.07) is 15.0. The Bertz CT molecular complexity index is 1010. The van der Waals surface area contributed by atoms with Crippen LogP contribution >= 0.6 is 0 Å². The third-order valence-electron chi connectivity index (χ3n) is 4.87. The predicted octanol–water partition coefficient (Wildman–Crippen LogP) is 3.59. The monoisotopic (exact) mass is 393 g/mol. The van der Waals surface area contributed by atoms with E-state index in [1.54, 1.807) is 13.8 Å². The highest BCUT2D eigenvalue weighted by Crippen LogP contribution is 2.31. The molecule has 0 atom stereocenters. The Labute approximate surface area is 171 Å². The molecule has 0 saturated carbocycles. The summed E-state index contributed by atoms with van der Waals surface area (Å²) in [6.07, 6.45) is 0. The van der Waals surface area contributed by atoms with Gasteiger partial charge in [-0.05, 0) is 44.0 Å². The number of rotatable bonds is 5. The van der Waals surface area contributed by atoms with Gasteiger partial charge in [0.15, 0.2) is 0 Å². The number of ether oxygens (including phenoxy) is 2. The van der Waals surface area contributed by atoms with Crippen LogP contribution in [-0.4, -0.2) is 53.6 Å². The molecule has 1 saturated heterocycles. The van der Waals surface area contributed by atoms with Crippen molar-refractivity contribution in [3.8, 4) is 17.1 Å². The largest absolute Gasteiger partial charge is 0.460 e. The van der Waals surface area contributed by atoms with Gasteiger partial charge in [-0.3, -0.25) is 0 Å². The number of aliphatic hydroxyl groups is 1. The molecule has 6 heteroatoms. The summed E-state index contributed by atoms with van der Waals surface area (Å²) < 4.78 is 11.2. The summed E-state index contributed by atoms with van der Waals surface area (Å²) in [6.45, 7) is 8.50. The zero-order valence-electron chi connectivity index (χ0n) is 17.2. The average molecular weight is 393 g/mol. The number of nitrogens with zero attached hydrogens (tertiary/aromatic N) is 3. The Morgan fingerprint density at radius 1 is 1.07 bits per heavy atom. The van der Waals surface area contributed by atoms with Crippen LogP contribution in [0.15, 0.2) is 42.5 Å². The molecule has 1 fully saturated rings. The van der Waals surface area contributed by atoms with Gasteiger partial charge in [-0.2, -0.15) is 9.97 Å². The van der Waals surface area contributed by atoms with Gasteiger partial charge in [0.1, 0.15) is 12.4 Å². The van der Waals surface area contributed by atoms with E-state index < -0.39 is 5.60 Å². The molecule has 2 aromatic carbocycles. The van der Waals surface area contributed by atoms with Crippen molar-refractivity contribution >= 4 is 16.7 Å². The first-order valence-corrected chi connectivity index (χ1v) is 9.96. The summed E-state index contributed by atoms with van der Waals surface area (Å²) in [5.41, 5.74) is 3.39. The lowest BCUT2D eigenvalue weighted by molar-refractivity contribution is 0.0251. The van der Waals surface area contributed by atoms with Crippen LogP contribution in [0.25, 0.3) is 22.0 Å². The molecule has 4 rings (SSSR count). The fraction of sp³-hybridized carbons (Fsp3) is 0.391. The zero-order valence-corrected chi connectivity index (χ0v) is 17.2. The van der Waals surface area contributed by atoms with Crippen LogP contribution in [0.1, 0.15) is 19.4 Å². The third-order valence-corrected chi connectivity index (χ3v) is 4.87. The summed E-state index contributed by atoms with van der Waals surface area (Å²) in [4.78, 5) is 11.5. The molecular formula is C23H27N3O3. The van der Waals surface area contributed by atoms with Crippen molar-refractivity contribution in [2.24, 2.45) is 0 Å². The molecule has 1 N–H and O–H groups in total. The highest BCUT2D eigenvalue weighted by molar-refractivity contribution is 5.93. The predicted molar refractivity (Wildman–Crippen MR) is 115 cm³/mol. The number of benzene rings is 2. The molecule has 2 heterocycles. The minimum absolute atomic E-state index is 0.127. The average Bonchev–Trinajstić information content (AvgIpc) is 2.71. The molecule has 0 unspecified atom stereocenters. The first-order valence-electron chi connectivity index (χ1n) is 9.96. The lowest BCUT2D eigenvalue weighted by Gasteiger charge is -2.29. The highest BCUT2D eigenvalue weighted by atomic mass is 16.5. The van der Waals surface area contributed by atoms with Crippen molar-refractivity contribution in [3.05, 3.63) is 48.0 Å². The molecule has 0 radical (unpaired) electrons. The van der Waals surface area contributed by atoms with Crippen molar-refractivity contribution in [1.29, 1.82) is 0 Å². The molecule has 1 aromatic heterocycles. The first kappa shape index (κ1) is 19.6. The van der Waals surface area contributed by atoms with E-state index in [0.717, 1.165) is 35.4 Å². The molecule has 0 amide bonds. The first-order chi connectivity index (χ1) is 13.9. The maximum absolute atomic E-state index is 9.99. The number of aryl methyl sites for hydroxylation is 1. The molecular weight excluding hydrogens is 366 g/mol. The second kappa shape index (κ2) is 7.97. The minimum atomic E-state index is -0.952. The van der Waals surface area contributed by atoms with E-state index in [1.165, 1.54) is 11.1 Å². The van der Waals surface area contributed by atoms with Crippen LogP contribution < -0.4 is 9.64 Å². The van der Waals surface area contributed by atoms with Crippen LogP contribution in [0.2, 0.25) is 0 Å². The van der Waals surface area contributed by atoms with E-state index >= 15 is 0 Å². The summed E-state index contributed by atoms with van der Waals surface area (Å²) >= 11 is 0. The number of morpholine rings is 1. The van der Waals surface area contributed by atoms with E-state index in [2.05, 4.69) is 53.2 Å². The van der Waals surface area contributed by atoms with Crippen molar-refractivity contribution < 1.29 is 14.6 Å². The van der Waals surface area contributed by atoms with Gasteiger partial charge in [-0.1, -0.05) is 35.9 Å². The standard InChI is InChI=1S/C23H27N3O3/c1-16-5-4-6-17(13-16)18-7-8-20-19(14-18)21(26-9-11-28-12-10-26)25-22(24-20)29-15-23(2,3)27/h4-8,13-14,27H,9-12,15H2,1-3H3. The normalized spacial score (nSPS) is 15.0. The van der Waals surface area contributed by atoms with Crippen molar-refractivity contribution in [2.75, 3.05) is 37.8 Å². The number of aromatic nitrogens is 2. The third kappa shape index (κ3) is 4.66. The van der Waals surface area contributed by atoms with Crippen molar-refractivity contribution in [1.82, 2.24) is 9.97 Å². The molecule has 1 aliphatic rings. The Hall–Kier alpha value is -2.70. The van der Waals surface area contributed by atoms with Gasteiger partial charge >= 0.3 is 6.01 Å². The van der Waals surface area contributed by atoms with Crippen LogP contribution in [0, 0.1) is 6.92 Å². The van der Waals surface area contributed by atoms with Crippen molar-refractivity contribution in [2.45, 2.75) is 26.4 Å². The van der Waals surface area contributed by atoms with E-state index in [-0.39, 0.29) is 12.6 Å². The molecule has 0 aliphatic carbocycles. The van der Waals surface area contributed by atoms with Gasteiger partial charge < -0.3 is 19.5 Å². The fourth-order valence-corrected chi connectivity index (χ4v) is 3.42. The van der Waals surface area contributed by atoms with Crippen LogP contribution in [0.4, 0.5) is 5.82 Å². The molecule has 152 valence electrons. The van der Waals surface area contributed by atoms with Crippen LogP contribution in [0.3, 0.4) is 0 Å². The van der Waals surface area contributed by atoms with Gasteiger partial charge in [0.2, 0.25) is 0 Å². The molecule has 6 nitrogen and oxygen atoms in total. The van der Waals surface area contributed by atoms with E-state index in [4.69, 9.17) is 14.5 Å². The number of anilines is 1. The summed E-state index contributed by atoms with van der Waals surface area (Å²) in [7, 11) is 0. The van der Waals surface area contributed by atoms with Crippen LogP contribution in [-0.2, 0) is 4.74 Å². The van der Waals surface area contributed by atoms with Gasteiger partial charge in [0, 0.05) is 18.5 Å². The minimum Gasteiger partial charge on any atom is -0.460 e. The number of hydrogen-bond donors (Lipinski definition) is 1. The number of fused-ring (bicyclic) bond motifs is 1. The maximum atomic E-state index is 9.99. The van der Waals surface area contributed by atoms with Gasteiger partial charge in [-0.15, -0.1) is 0 Å². The lowest BCUT2D eigenvalue weighted by atomic mass is 10.0. The summed E-state index contributed by atoms with van der Waals surface area (Å²) in [5, 5.41) is 11.0. The Morgan fingerprint density at radius 3 is 2.55 bits per heavy atom. The Kier molecular flexibility index (Phi) is 5.39. The molecule has 3 aromatic rings. The Balaban J connectivity index is 1.79. The fourth-order valence-electron chi connectivity index (χ4n) is 3.42. The van der Waals surface area contributed by atoms with Crippen LogP contribution in [0.5, 0.6) is 6.01 Å². The molecule has 0 spiro atoms. The second-order valence-corrected chi connectivity index (χ2v) is 8.13. The lowest BCUT2D eigenvalue weighted by Crippen LogP contribution is -2.37. The molecule has 29 heavy (non-hydrogen) atoms. The van der Waals surface area contributed by atoms with Gasteiger partial charge in [-0.25, -0.2) is 0 Å². The van der Waals surface area contributed by atoms with E-state index in [0.29, 0.717) is 13.2 Å². The maximum Gasteiger partial charge on any atom is 0.319 e. The number of hydrogen-bond acceptors (Lipinski definition) is 6. The zero-order chi connectivity index (χ0) is 20.4. The van der Waals surface area contributed by atoms with E-state index in [1.807, 2.05) is 6.07 Å².